The summed E-state index contributed by atoms with van der Waals surface area (Å²) in [5, 5.41) is 11.9. The summed E-state index contributed by atoms with van der Waals surface area (Å²) >= 11 is 0. The minimum absolute atomic E-state index is 0. The van der Waals surface area contributed by atoms with E-state index in [1.807, 2.05) is 18.2 Å². The highest BCUT2D eigenvalue weighted by Gasteiger charge is 2.05. The largest absolute Gasteiger partial charge is 0.497 e. The summed E-state index contributed by atoms with van der Waals surface area (Å²) in [5.41, 5.74) is 1.17. The van der Waals surface area contributed by atoms with Crippen molar-refractivity contribution in [3.8, 4) is 5.75 Å². The third kappa shape index (κ3) is 7.03. The fourth-order valence-corrected chi connectivity index (χ4v) is 1.75. The van der Waals surface area contributed by atoms with Crippen LogP contribution in [0.25, 0.3) is 0 Å². The van der Waals surface area contributed by atoms with Gasteiger partial charge in [-0.3, -0.25) is 4.79 Å². The Morgan fingerprint density at radius 2 is 2.16 bits per heavy atom. The summed E-state index contributed by atoms with van der Waals surface area (Å²) in [4.78, 5) is 10.4. The van der Waals surface area contributed by atoms with Gasteiger partial charge in [0.25, 0.3) is 0 Å². The third-order valence-corrected chi connectivity index (χ3v) is 2.86. The summed E-state index contributed by atoms with van der Waals surface area (Å²) in [6.45, 7) is 2.91. The predicted octanol–water partition coefficient (Wildman–Crippen LogP) is 3.02. The first-order chi connectivity index (χ1) is 8.63. The highest BCUT2D eigenvalue weighted by atomic mass is 35.5. The van der Waals surface area contributed by atoms with E-state index in [2.05, 4.69) is 18.3 Å². The Morgan fingerprint density at radius 1 is 1.42 bits per heavy atom. The second-order valence-corrected chi connectivity index (χ2v) is 4.30. The number of methoxy groups -OCH3 is 1. The number of carboxylic acids is 1. The van der Waals surface area contributed by atoms with Gasteiger partial charge in [-0.2, -0.15) is 0 Å². The topological polar surface area (TPSA) is 58.6 Å². The van der Waals surface area contributed by atoms with Crippen molar-refractivity contribution < 1.29 is 14.6 Å². The highest BCUT2D eigenvalue weighted by molar-refractivity contribution is 5.85. The van der Waals surface area contributed by atoms with E-state index < -0.39 is 5.97 Å². The minimum atomic E-state index is -0.726. The first kappa shape index (κ1) is 17.7. The zero-order valence-corrected chi connectivity index (χ0v) is 12.2. The molecule has 5 heteroatoms. The average molecular weight is 288 g/mol. The molecular weight excluding hydrogens is 266 g/mol. The first-order valence-electron chi connectivity index (χ1n) is 6.22. The van der Waals surface area contributed by atoms with Crippen molar-refractivity contribution >= 4 is 18.4 Å². The Labute approximate surface area is 120 Å². The monoisotopic (exact) mass is 287 g/mol. The molecule has 0 aliphatic carbocycles. The number of aliphatic carboxylic acids is 1. The Kier molecular flexibility index (Phi) is 9.00. The van der Waals surface area contributed by atoms with Crippen LogP contribution in [-0.2, 0) is 4.79 Å². The Balaban J connectivity index is 0.00000324. The molecule has 0 saturated carbocycles. The summed E-state index contributed by atoms with van der Waals surface area (Å²) in [6, 6.07) is 8.19. The number of carbonyl (C=O) groups is 1. The molecule has 0 saturated heterocycles. The molecule has 108 valence electrons. The molecule has 0 bridgehead atoms. The van der Waals surface area contributed by atoms with Gasteiger partial charge in [-0.15, -0.1) is 12.4 Å². The predicted molar refractivity (Wildman–Crippen MR) is 78.1 cm³/mol. The van der Waals surface area contributed by atoms with Crippen LogP contribution in [0.1, 0.15) is 37.8 Å². The molecule has 0 radical (unpaired) electrons. The van der Waals surface area contributed by atoms with Crippen LogP contribution >= 0.6 is 12.4 Å². The van der Waals surface area contributed by atoms with Crippen molar-refractivity contribution in [1.82, 2.24) is 5.32 Å². The molecule has 0 amide bonds. The molecule has 0 spiro atoms. The molecular formula is C14H22ClNO3. The molecule has 1 rings (SSSR count). The lowest BCUT2D eigenvalue weighted by atomic mass is 10.1. The first-order valence-corrected chi connectivity index (χ1v) is 6.22. The number of ether oxygens (including phenoxy) is 1. The lowest BCUT2D eigenvalue weighted by Crippen LogP contribution is -2.20. The van der Waals surface area contributed by atoms with Gasteiger partial charge in [-0.1, -0.05) is 12.1 Å². The number of hydrogen-bond acceptors (Lipinski definition) is 3. The number of hydrogen-bond donors (Lipinski definition) is 2. The number of nitrogens with one attached hydrogen (secondary N) is 1. The number of carboxylic acid groups (broad SMARTS) is 1. The van der Waals surface area contributed by atoms with E-state index in [0.29, 0.717) is 6.42 Å². The molecule has 0 heterocycles. The number of halogens is 1. The van der Waals surface area contributed by atoms with Crippen LogP contribution in [0.15, 0.2) is 24.3 Å². The molecule has 0 aliphatic rings. The van der Waals surface area contributed by atoms with E-state index in [1.165, 1.54) is 5.56 Å². The maximum atomic E-state index is 10.4. The summed E-state index contributed by atoms with van der Waals surface area (Å²) in [5.74, 6) is 0.128. The van der Waals surface area contributed by atoms with Gasteiger partial charge in [0.05, 0.1) is 7.11 Å². The van der Waals surface area contributed by atoms with E-state index in [4.69, 9.17) is 9.84 Å². The molecule has 1 aromatic rings. The van der Waals surface area contributed by atoms with Crippen molar-refractivity contribution in [1.29, 1.82) is 0 Å². The van der Waals surface area contributed by atoms with Gasteiger partial charge in [-0.25, -0.2) is 0 Å². The highest BCUT2D eigenvalue weighted by Crippen LogP contribution is 2.18. The van der Waals surface area contributed by atoms with Crippen LogP contribution < -0.4 is 10.1 Å². The van der Waals surface area contributed by atoms with Gasteiger partial charge in [0, 0.05) is 12.5 Å². The van der Waals surface area contributed by atoms with E-state index >= 15 is 0 Å². The van der Waals surface area contributed by atoms with Gasteiger partial charge in [0.1, 0.15) is 5.75 Å². The fourth-order valence-electron chi connectivity index (χ4n) is 1.75. The molecule has 0 fully saturated rings. The second kappa shape index (κ2) is 9.64. The summed E-state index contributed by atoms with van der Waals surface area (Å²) in [6.07, 6.45) is 1.84. The molecule has 1 atom stereocenters. The number of unbranched alkanes of at least 4 members (excludes halogenated alkanes) is 1. The fraction of sp³-hybridized carbons (Fsp3) is 0.500. The van der Waals surface area contributed by atoms with Crippen LogP contribution in [0.4, 0.5) is 0 Å². The Morgan fingerprint density at radius 3 is 2.79 bits per heavy atom. The van der Waals surface area contributed by atoms with E-state index in [1.54, 1.807) is 7.11 Å². The van der Waals surface area contributed by atoms with Gasteiger partial charge in [-0.05, 0) is 44.0 Å². The second-order valence-electron chi connectivity index (χ2n) is 4.30. The smallest absolute Gasteiger partial charge is 0.303 e. The Bertz CT molecular complexity index is 385. The zero-order chi connectivity index (χ0) is 13.4. The minimum Gasteiger partial charge on any atom is -0.497 e. The average Bonchev–Trinajstić information content (AvgIpc) is 2.37. The molecule has 19 heavy (non-hydrogen) atoms. The number of rotatable bonds is 8. The molecule has 1 aromatic carbocycles. The van der Waals surface area contributed by atoms with Crippen LogP contribution in [0, 0.1) is 0 Å². The Hall–Kier alpha value is -1.26. The molecule has 1 unspecified atom stereocenters. The third-order valence-electron chi connectivity index (χ3n) is 2.86. The molecule has 0 aromatic heterocycles. The quantitative estimate of drug-likeness (QED) is 0.722. The normalized spacial score (nSPS) is 11.5. The van der Waals surface area contributed by atoms with Crippen molar-refractivity contribution in [2.24, 2.45) is 0 Å². The van der Waals surface area contributed by atoms with Crippen molar-refractivity contribution in [3.63, 3.8) is 0 Å². The van der Waals surface area contributed by atoms with Crippen LogP contribution in [0.2, 0.25) is 0 Å². The number of benzene rings is 1. The van der Waals surface area contributed by atoms with Crippen LogP contribution in [0.3, 0.4) is 0 Å². The van der Waals surface area contributed by atoms with Crippen LogP contribution in [-0.4, -0.2) is 24.7 Å². The van der Waals surface area contributed by atoms with Gasteiger partial charge >= 0.3 is 5.97 Å². The van der Waals surface area contributed by atoms with Crippen molar-refractivity contribution in [2.45, 2.75) is 32.2 Å². The van der Waals surface area contributed by atoms with Crippen molar-refractivity contribution in [2.75, 3.05) is 13.7 Å². The molecule has 0 aliphatic heterocycles. The van der Waals surface area contributed by atoms with E-state index in [9.17, 15) is 4.79 Å². The van der Waals surface area contributed by atoms with E-state index in [-0.39, 0.29) is 24.9 Å². The van der Waals surface area contributed by atoms with E-state index in [0.717, 1.165) is 18.7 Å². The zero-order valence-electron chi connectivity index (χ0n) is 11.4. The van der Waals surface area contributed by atoms with Gasteiger partial charge < -0.3 is 15.2 Å². The van der Waals surface area contributed by atoms with Gasteiger partial charge in [0.15, 0.2) is 0 Å². The summed E-state index contributed by atoms with van der Waals surface area (Å²) < 4.78 is 5.18. The molecule has 2 N–H and O–H groups in total. The SMILES string of the molecule is COc1cccc(C(C)NCCCCC(=O)O)c1.Cl. The molecule has 4 nitrogen and oxygen atoms in total. The van der Waals surface area contributed by atoms with Gasteiger partial charge in [0.2, 0.25) is 0 Å². The summed E-state index contributed by atoms with van der Waals surface area (Å²) in [7, 11) is 1.66. The lowest BCUT2D eigenvalue weighted by Gasteiger charge is -2.14. The maximum absolute atomic E-state index is 10.4. The van der Waals surface area contributed by atoms with Crippen molar-refractivity contribution in [3.05, 3.63) is 29.8 Å². The standard InChI is InChI=1S/C14H21NO3.ClH/c1-11(15-9-4-3-8-14(16)17)12-6-5-7-13(10-12)18-2;/h5-7,10-11,15H,3-4,8-9H2,1-2H3,(H,16,17);1H. The maximum Gasteiger partial charge on any atom is 0.303 e. The van der Waals surface area contributed by atoms with Crippen LogP contribution in [0.5, 0.6) is 5.75 Å². The lowest BCUT2D eigenvalue weighted by molar-refractivity contribution is -0.137.